The number of fused-ring (bicyclic) bond motifs is 3. The van der Waals surface area contributed by atoms with Crippen LogP contribution >= 0.6 is 0 Å². The Bertz CT molecular complexity index is 2820. The van der Waals surface area contributed by atoms with Crippen LogP contribution in [0.2, 0.25) is 0 Å². The Kier molecular flexibility index (Phi) is 10.1. The Labute approximate surface area is 349 Å². The van der Waals surface area contributed by atoms with Gasteiger partial charge in [-0.1, -0.05) is 215 Å². The van der Waals surface area contributed by atoms with E-state index in [4.69, 9.17) is 0 Å². The highest BCUT2D eigenvalue weighted by Crippen LogP contribution is 2.56. The van der Waals surface area contributed by atoms with Crippen LogP contribution in [0.15, 0.2) is 231 Å². The summed E-state index contributed by atoms with van der Waals surface area (Å²) in [5.41, 5.74) is 20.5. The van der Waals surface area contributed by atoms with Gasteiger partial charge in [0.05, 0.1) is 0 Å². The number of nitrogens with zero attached hydrogens (tertiary/aromatic N) is 1. The maximum absolute atomic E-state index is 4.12. The highest BCUT2D eigenvalue weighted by atomic mass is 15.1. The van der Waals surface area contributed by atoms with Crippen molar-refractivity contribution in [2.75, 3.05) is 4.90 Å². The van der Waals surface area contributed by atoms with E-state index in [0.717, 1.165) is 28.2 Å². The van der Waals surface area contributed by atoms with E-state index in [1.165, 1.54) is 66.8 Å². The molecule has 0 amide bonds. The molecule has 0 bridgehead atoms. The maximum Gasteiger partial charge on any atom is 0.0497 e. The molecule has 1 aliphatic carbocycles. The second-order valence-electron chi connectivity index (χ2n) is 15.6. The van der Waals surface area contributed by atoms with Crippen molar-refractivity contribution in [2.45, 2.75) is 26.2 Å². The molecule has 0 radical (unpaired) electrons. The molecule has 0 saturated carbocycles. The molecule has 0 N–H and O–H groups in total. The molecule has 8 aromatic rings. The summed E-state index contributed by atoms with van der Waals surface area (Å²) in [6.45, 7) is 11.0. The molecular formula is C58H47N. The first-order valence-corrected chi connectivity index (χ1v) is 20.5. The SMILES string of the molecule is C=C/C=C(\C(=C/C)N(c1ccc(-c2ccccc2)cc1)c1ccc(-c2ccc(-c3ccccc3-c3ccccc3)c3c2C(C)(C)c2ccccc2-3)cc1)c1ccccc1. The lowest BCUT2D eigenvalue weighted by Gasteiger charge is -2.30. The van der Waals surface area contributed by atoms with E-state index in [0.29, 0.717) is 0 Å². The fourth-order valence-corrected chi connectivity index (χ4v) is 9.09. The Morgan fingerprint density at radius 2 is 0.932 bits per heavy atom. The standard InChI is InChI=1S/C58H47N/c1-5-20-49(44-25-14-9-15-26-44)55(6-2)59(46-35-31-42(32-36-46)41-21-10-7-11-22-41)47-37-33-45(34-38-47)50-39-40-52(51-28-17-16-27-48(51)43-23-12-8-13-24-43)56-53-29-18-19-30-54(53)58(3,4)57(50)56/h5-40H,1H2,2-4H3/b49-20-,55-6+. The highest BCUT2D eigenvalue weighted by molar-refractivity contribution is 6.00. The van der Waals surface area contributed by atoms with Crippen molar-refractivity contribution in [3.63, 3.8) is 0 Å². The van der Waals surface area contributed by atoms with Gasteiger partial charge in [-0.2, -0.15) is 0 Å². The van der Waals surface area contributed by atoms with Crippen LogP contribution in [0.4, 0.5) is 11.4 Å². The fraction of sp³-hybridized carbons (Fsp3) is 0.0690. The van der Waals surface area contributed by atoms with Gasteiger partial charge in [0.25, 0.3) is 0 Å². The van der Waals surface area contributed by atoms with Crippen LogP contribution in [0, 0.1) is 0 Å². The number of hydrogen-bond donors (Lipinski definition) is 0. The van der Waals surface area contributed by atoms with Gasteiger partial charge in [-0.25, -0.2) is 0 Å². The van der Waals surface area contributed by atoms with Crippen molar-refractivity contribution in [3.05, 3.63) is 247 Å². The van der Waals surface area contributed by atoms with Crippen molar-refractivity contribution >= 4 is 16.9 Å². The van der Waals surface area contributed by atoms with Gasteiger partial charge in [0.1, 0.15) is 0 Å². The molecule has 1 heteroatoms. The number of rotatable bonds is 10. The fourth-order valence-electron chi connectivity index (χ4n) is 9.09. The Hall–Kier alpha value is -7.22. The van der Waals surface area contributed by atoms with Gasteiger partial charge in [-0.15, -0.1) is 0 Å². The molecule has 9 rings (SSSR count). The first-order valence-electron chi connectivity index (χ1n) is 20.5. The van der Waals surface area contributed by atoms with Crippen LogP contribution in [0.5, 0.6) is 0 Å². The lowest BCUT2D eigenvalue weighted by atomic mass is 9.77. The zero-order chi connectivity index (χ0) is 40.3. The third-order valence-corrected chi connectivity index (χ3v) is 11.8. The zero-order valence-corrected chi connectivity index (χ0v) is 33.9. The summed E-state index contributed by atoms with van der Waals surface area (Å²) in [7, 11) is 0. The zero-order valence-electron chi connectivity index (χ0n) is 33.9. The molecule has 0 atom stereocenters. The Morgan fingerprint density at radius 3 is 1.54 bits per heavy atom. The molecule has 8 aromatic carbocycles. The predicted octanol–water partition coefficient (Wildman–Crippen LogP) is 16.0. The van der Waals surface area contributed by atoms with Gasteiger partial charge < -0.3 is 4.90 Å². The van der Waals surface area contributed by atoms with E-state index in [-0.39, 0.29) is 5.41 Å². The van der Waals surface area contributed by atoms with Crippen LogP contribution in [0.25, 0.3) is 61.2 Å². The third-order valence-electron chi connectivity index (χ3n) is 11.8. The van der Waals surface area contributed by atoms with Gasteiger partial charge in [0.2, 0.25) is 0 Å². The van der Waals surface area contributed by atoms with Crippen molar-refractivity contribution in [1.29, 1.82) is 0 Å². The largest absolute Gasteiger partial charge is 0.310 e. The third kappa shape index (κ3) is 6.85. The van der Waals surface area contributed by atoms with Gasteiger partial charge in [-0.3, -0.25) is 0 Å². The van der Waals surface area contributed by atoms with Gasteiger partial charge in [0.15, 0.2) is 0 Å². The molecule has 59 heavy (non-hydrogen) atoms. The first kappa shape index (κ1) is 37.4. The number of allylic oxidation sites excluding steroid dienone is 4. The molecule has 1 nitrogen and oxygen atoms in total. The second kappa shape index (κ2) is 16.0. The molecule has 0 heterocycles. The van der Waals surface area contributed by atoms with Crippen molar-refractivity contribution < 1.29 is 0 Å². The summed E-state index contributed by atoms with van der Waals surface area (Å²) in [4.78, 5) is 2.37. The average Bonchev–Trinajstić information content (AvgIpc) is 3.55. The molecule has 284 valence electrons. The van der Waals surface area contributed by atoms with Crippen molar-refractivity contribution in [2.24, 2.45) is 0 Å². The molecule has 0 unspecified atom stereocenters. The minimum atomic E-state index is -0.206. The van der Waals surface area contributed by atoms with Gasteiger partial charge in [0, 0.05) is 28.1 Å². The topological polar surface area (TPSA) is 3.24 Å². The summed E-state index contributed by atoms with van der Waals surface area (Å²) in [5.74, 6) is 0. The average molecular weight is 758 g/mol. The predicted molar refractivity (Wildman–Crippen MR) is 253 cm³/mol. The van der Waals surface area contributed by atoms with Crippen LogP contribution in [0.3, 0.4) is 0 Å². The van der Waals surface area contributed by atoms with Crippen LogP contribution in [-0.4, -0.2) is 0 Å². The molecule has 0 saturated heterocycles. The molecule has 0 fully saturated rings. The Balaban J connectivity index is 1.19. The van der Waals surface area contributed by atoms with Crippen LogP contribution < -0.4 is 4.90 Å². The number of anilines is 2. The summed E-state index contributed by atoms with van der Waals surface area (Å²) >= 11 is 0. The molecule has 0 aliphatic heterocycles. The quantitative estimate of drug-likeness (QED) is 0.126. The summed E-state index contributed by atoms with van der Waals surface area (Å²) in [6, 6.07) is 72.5. The second-order valence-corrected chi connectivity index (χ2v) is 15.6. The number of hydrogen-bond acceptors (Lipinski definition) is 1. The molecular weight excluding hydrogens is 711 g/mol. The van der Waals surface area contributed by atoms with Gasteiger partial charge >= 0.3 is 0 Å². The minimum absolute atomic E-state index is 0.206. The van der Waals surface area contributed by atoms with Crippen molar-refractivity contribution in [3.8, 4) is 55.6 Å². The van der Waals surface area contributed by atoms with E-state index in [9.17, 15) is 0 Å². The molecule has 0 spiro atoms. The normalized spacial score (nSPS) is 13.1. The summed E-state index contributed by atoms with van der Waals surface area (Å²) < 4.78 is 0. The molecule has 1 aliphatic rings. The Morgan fingerprint density at radius 1 is 0.458 bits per heavy atom. The first-order chi connectivity index (χ1) is 29.0. The van der Waals surface area contributed by atoms with Crippen LogP contribution in [-0.2, 0) is 5.41 Å². The maximum atomic E-state index is 4.12. The smallest absolute Gasteiger partial charge is 0.0497 e. The molecule has 0 aromatic heterocycles. The van der Waals surface area contributed by atoms with E-state index in [2.05, 4.69) is 245 Å². The lowest BCUT2D eigenvalue weighted by molar-refractivity contribution is 0.662. The highest BCUT2D eigenvalue weighted by Gasteiger charge is 2.39. The van der Waals surface area contributed by atoms with E-state index < -0.39 is 0 Å². The summed E-state index contributed by atoms with van der Waals surface area (Å²) in [6.07, 6.45) is 6.21. The van der Waals surface area contributed by atoms with Crippen LogP contribution in [0.1, 0.15) is 37.5 Å². The summed E-state index contributed by atoms with van der Waals surface area (Å²) in [5, 5.41) is 0. The van der Waals surface area contributed by atoms with E-state index in [1.807, 2.05) is 6.08 Å². The van der Waals surface area contributed by atoms with E-state index in [1.54, 1.807) is 0 Å². The van der Waals surface area contributed by atoms with Gasteiger partial charge in [-0.05, 0) is 104 Å². The van der Waals surface area contributed by atoms with Crippen molar-refractivity contribution in [1.82, 2.24) is 0 Å². The monoisotopic (exact) mass is 757 g/mol. The van der Waals surface area contributed by atoms with E-state index >= 15 is 0 Å². The lowest BCUT2D eigenvalue weighted by Crippen LogP contribution is -2.18. The minimum Gasteiger partial charge on any atom is -0.310 e. The number of benzene rings is 8.